The number of nitrogens with one attached hydrogen (secondary N) is 1. The minimum absolute atomic E-state index is 0.0879. The molecule has 0 amide bonds. The van der Waals surface area contributed by atoms with Crippen molar-refractivity contribution >= 4 is 11.3 Å². The Kier molecular flexibility index (Phi) is 5.01. The van der Waals surface area contributed by atoms with Crippen molar-refractivity contribution < 1.29 is 5.11 Å². The second-order valence-corrected chi connectivity index (χ2v) is 6.75. The smallest absolute Gasteiger partial charge is 0.107 e. The van der Waals surface area contributed by atoms with E-state index >= 15 is 0 Å². The van der Waals surface area contributed by atoms with Gasteiger partial charge in [0.05, 0.1) is 11.8 Å². The molecule has 1 saturated carbocycles. The zero-order valence-corrected chi connectivity index (χ0v) is 13.0. The van der Waals surface area contributed by atoms with E-state index in [0.717, 1.165) is 43.1 Å². The van der Waals surface area contributed by atoms with Gasteiger partial charge in [0.15, 0.2) is 0 Å². The molecule has 2 N–H and O–H groups in total. The molecule has 3 rings (SSSR count). The summed E-state index contributed by atoms with van der Waals surface area (Å²) in [7, 11) is 0. The Balaban J connectivity index is 1.49. The van der Waals surface area contributed by atoms with Crippen LogP contribution in [-0.4, -0.2) is 22.7 Å². The van der Waals surface area contributed by atoms with Gasteiger partial charge in [-0.25, -0.2) is 4.98 Å². The molecule has 3 nitrogen and oxygen atoms in total. The summed E-state index contributed by atoms with van der Waals surface area (Å²) < 4.78 is 0. The molecule has 0 radical (unpaired) electrons. The lowest BCUT2D eigenvalue weighted by molar-refractivity contribution is 0.101. The Morgan fingerprint density at radius 2 is 2.10 bits per heavy atom. The van der Waals surface area contributed by atoms with Crippen molar-refractivity contribution in [3.05, 3.63) is 40.7 Å². The third-order valence-electron chi connectivity index (χ3n) is 4.09. The summed E-state index contributed by atoms with van der Waals surface area (Å²) in [6, 6.07) is 10.3. The summed E-state index contributed by atoms with van der Waals surface area (Å²) in [5.41, 5.74) is 2.24. The van der Waals surface area contributed by atoms with Gasteiger partial charge in [0.1, 0.15) is 5.01 Å². The fourth-order valence-corrected chi connectivity index (χ4v) is 3.74. The molecule has 1 aromatic heterocycles. The number of aliphatic hydroxyl groups is 1. The van der Waals surface area contributed by atoms with Crippen LogP contribution in [0.2, 0.25) is 0 Å². The van der Waals surface area contributed by atoms with Gasteiger partial charge in [-0.3, -0.25) is 0 Å². The number of hydrogen-bond acceptors (Lipinski definition) is 4. The first kappa shape index (κ1) is 14.7. The molecule has 0 spiro atoms. The van der Waals surface area contributed by atoms with Crippen molar-refractivity contribution in [3.8, 4) is 11.3 Å². The maximum absolute atomic E-state index is 9.69. The van der Waals surface area contributed by atoms with E-state index < -0.39 is 0 Å². The third kappa shape index (κ3) is 4.13. The van der Waals surface area contributed by atoms with Gasteiger partial charge >= 0.3 is 0 Å². The van der Waals surface area contributed by atoms with Crippen molar-refractivity contribution in [1.82, 2.24) is 10.3 Å². The van der Waals surface area contributed by atoms with Crippen LogP contribution in [0.1, 0.15) is 30.7 Å². The molecule has 21 heavy (non-hydrogen) atoms. The summed E-state index contributed by atoms with van der Waals surface area (Å²) >= 11 is 1.71. The maximum Gasteiger partial charge on any atom is 0.107 e. The molecular formula is C17H22N2OS. The molecule has 2 unspecified atom stereocenters. The molecule has 1 aliphatic carbocycles. The average Bonchev–Trinajstić information content (AvgIpc) is 2.97. The van der Waals surface area contributed by atoms with Crippen LogP contribution in [0.4, 0.5) is 0 Å². The van der Waals surface area contributed by atoms with Gasteiger partial charge in [-0.2, -0.15) is 0 Å². The topological polar surface area (TPSA) is 45.1 Å². The molecule has 0 bridgehead atoms. The minimum atomic E-state index is -0.0879. The second kappa shape index (κ2) is 7.16. The molecular weight excluding hydrogens is 280 g/mol. The lowest BCUT2D eigenvalue weighted by Crippen LogP contribution is -2.28. The highest BCUT2D eigenvalue weighted by Gasteiger charge is 2.19. The summed E-state index contributed by atoms with van der Waals surface area (Å²) in [6.45, 7) is 1.81. The van der Waals surface area contributed by atoms with Crippen LogP contribution in [0.25, 0.3) is 11.3 Å². The number of nitrogens with zero attached hydrogens (tertiary/aromatic N) is 1. The summed E-state index contributed by atoms with van der Waals surface area (Å²) in [6.07, 6.45) is 4.22. The highest BCUT2D eigenvalue weighted by molar-refractivity contribution is 7.09. The molecule has 112 valence electrons. The van der Waals surface area contributed by atoms with E-state index in [0.29, 0.717) is 5.92 Å². The second-order valence-electron chi connectivity index (χ2n) is 5.81. The molecule has 4 heteroatoms. The fraction of sp³-hybridized carbons (Fsp3) is 0.471. The molecule has 0 aliphatic heterocycles. The van der Waals surface area contributed by atoms with Crippen LogP contribution in [-0.2, 0) is 6.54 Å². The zero-order chi connectivity index (χ0) is 14.5. The SMILES string of the molecule is OC1CCCC(CNCc2nc(-c3ccccc3)cs2)C1. The lowest BCUT2D eigenvalue weighted by Gasteiger charge is -2.25. The van der Waals surface area contributed by atoms with Gasteiger partial charge in [-0.05, 0) is 31.7 Å². The van der Waals surface area contributed by atoms with Crippen LogP contribution in [0.5, 0.6) is 0 Å². The average molecular weight is 302 g/mol. The summed E-state index contributed by atoms with van der Waals surface area (Å²) in [5.74, 6) is 0.613. The Morgan fingerprint density at radius 3 is 2.90 bits per heavy atom. The zero-order valence-electron chi connectivity index (χ0n) is 12.2. The minimum Gasteiger partial charge on any atom is -0.393 e. The Hall–Kier alpha value is -1.23. The van der Waals surface area contributed by atoms with Gasteiger partial charge in [-0.15, -0.1) is 11.3 Å². The van der Waals surface area contributed by atoms with Crippen LogP contribution >= 0.6 is 11.3 Å². The summed E-state index contributed by atoms with van der Waals surface area (Å²) in [4.78, 5) is 4.68. The van der Waals surface area contributed by atoms with E-state index in [1.807, 2.05) is 18.2 Å². The molecule has 2 atom stereocenters. The molecule has 2 aromatic rings. The number of aliphatic hydroxyl groups excluding tert-OH is 1. The Morgan fingerprint density at radius 1 is 1.24 bits per heavy atom. The van der Waals surface area contributed by atoms with Crippen LogP contribution in [0.15, 0.2) is 35.7 Å². The number of benzene rings is 1. The van der Waals surface area contributed by atoms with E-state index in [2.05, 4.69) is 27.8 Å². The fourth-order valence-electron chi connectivity index (χ4n) is 2.96. The molecule has 1 heterocycles. The molecule has 0 saturated heterocycles. The van der Waals surface area contributed by atoms with Crippen molar-refractivity contribution in [1.29, 1.82) is 0 Å². The van der Waals surface area contributed by atoms with E-state index in [4.69, 9.17) is 0 Å². The Bertz CT molecular complexity index is 555. The van der Waals surface area contributed by atoms with Crippen LogP contribution in [0, 0.1) is 5.92 Å². The van der Waals surface area contributed by atoms with Crippen molar-refractivity contribution in [2.24, 2.45) is 5.92 Å². The van der Waals surface area contributed by atoms with E-state index in [1.165, 1.54) is 12.0 Å². The Labute approximate surface area is 130 Å². The largest absolute Gasteiger partial charge is 0.393 e. The van der Waals surface area contributed by atoms with Gasteiger partial charge in [0.2, 0.25) is 0 Å². The highest BCUT2D eigenvalue weighted by atomic mass is 32.1. The molecule has 1 fully saturated rings. The van der Waals surface area contributed by atoms with Crippen molar-refractivity contribution in [3.63, 3.8) is 0 Å². The number of rotatable bonds is 5. The highest BCUT2D eigenvalue weighted by Crippen LogP contribution is 2.24. The normalized spacial score (nSPS) is 22.3. The van der Waals surface area contributed by atoms with E-state index in [-0.39, 0.29) is 6.10 Å². The lowest BCUT2D eigenvalue weighted by atomic mass is 9.87. The van der Waals surface area contributed by atoms with E-state index in [1.54, 1.807) is 11.3 Å². The predicted molar refractivity (Wildman–Crippen MR) is 87.2 cm³/mol. The first-order chi connectivity index (χ1) is 10.3. The van der Waals surface area contributed by atoms with Gasteiger partial charge in [0, 0.05) is 17.5 Å². The van der Waals surface area contributed by atoms with Gasteiger partial charge in [0.25, 0.3) is 0 Å². The number of thiazole rings is 1. The van der Waals surface area contributed by atoms with E-state index in [9.17, 15) is 5.11 Å². The maximum atomic E-state index is 9.69. The van der Waals surface area contributed by atoms with Crippen molar-refractivity contribution in [2.75, 3.05) is 6.54 Å². The number of hydrogen-bond donors (Lipinski definition) is 2. The third-order valence-corrected chi connectivity index (χ3v) is 4.93. The number of aromatic nitrogens is 1. The predicted octanol–water partition coefficient (Wildman–Crippen LogP) is 3.45. The van der Waals surface area contributed by atoms with Gasteiger partial charge < -0.3 is 10.4 Å². The monoisotopic (exact) mass is 302 g/mol. The van der Waals surface area contributed by atoms with Crippen LogP contribution in [0.3, 0.4) is 0 Å². The first-order valence-corrected chi connectivity index (χ1v) is 8.58. The molecule has 1 aliphatic rings. The first-order valence-electron chi connectivity index (χ1n) is 7.70. The standard InChI is InChI=1S/C17H22N2OS/c20-15-8-4-5-13(9-15)10-18-11-17-19-16(12-21-17)14-6-2-1-3-7-14/h1-3,6-7,12-13,15,18,20H,4-5,8-11H2. The molecule has 1 aromatic carbocycles. The van der Waals surface area contributed by atoms with Gasteiger partial charge in [-0.1, -0.05) is 36.8 Å². The van der Waals surface area contributed by atoms with Crippen LogP contribution < -0.4 is 5.32 Å². The summed E-state index contributed by atoms with van der Waals surface area (Å²) in [5, 5.41) is 16.4. The quantitative estimate of drug-likeness (QED) is 0.889. The van der Waals surface area contributed by atoms with Crippen molar-refractivity contribution in [2.45, 2.75) is 38.3 Å².